The van der Waals surface area contributed by atoms with Crippen molar-refractivity contribution in [1.29, 1.82) is 0 Å². The van der Waals surface area contributed by atoms with E-state index in [0.717, 1.165) is 19.3 Å². The topological polar surface area (TPSA) is 26.0 Å². The highest BCUT2D eigenvalue weighted by Gasteiger charge is 1.99. The van der Waals surface area contributed by atoms with Crippen LogP contribution in [0.1, 0.15) is 31.7 Å². The zero-order chi connectivity index (χ0) is 10.4. The molecule has 2 heteroatoms. The smallest absolute Gasteiger partial charge is 0.0130 e. The third-order valence-electron chi connectivity index (χ3n) is 2.48. The van der Waals surface area contributed by atoms with Gasteiger partial charge in [-0.3, -0.25) is 0 Å². The highest BCUT2D eigenvalue weighted by Crippen LogP contribution is 2.10. The van der Waals surface area contributed by atoms with Gasteiger partial charge in [-0.1, -0.05) is 19.1 Å². The molecule has 1 aromatic rings. The molecular formula is C12H18IN. The van der Waals surface area contributed by atoms with Crippen molar-refractivity contribution in [2.45, 2.75) is 38.6 Å². The maximum absolute atomic E-state index is 5.86. The van der Waals surface area contributed by atoms with Crippen LogP contribution in [-0.4, -0.2) is 6.04 Å². The first-order valence-corrected chi connectivity index (χ1v) is 6.30. The molecule has 14 heavy (non-hydrogen) atoms. The number of hydrogen-bond acceptors (Lipinski definition) is 1. The Hall–Kier alpha value is -0.0900. The van der Waals surface area contributed by atoms with Gasteiger partial charge < -0.3 is 5.73 Å². The Morgan fingerprint density at radius 3 is 2.50 bits per heavy atom. The van der Waals surface area contributed by atoms with Crippen molar-refractivity contribution >= 4 is 22.6 Å². The largest absolute Gasteiger partial charge is 0.328 e. The maximum Gasteiger partial charge on any atom is 0.0130 e. The van der Waals surface area contributed by atoms with Gasteiger partial charge in [-0.25, -0.2) is 0 Å². The van der Waals surface area contributed by atoms with Gasteiger partial charge in [0, 0.05) is 9.61 Å². The van der Waals surface area contributed by atoms with Crippen LogP contribution in [0.25, 0.3) is 0 Å². The lowest BCUT2D eigenvalue weighted by Gasteiger charge is -2.07. The molecule has 78 valence electrons. The predicted octanol–water partition coefficient (Wildman–Crippen LogP) is 3.35. The van der Waals surface area contributed by atoms with Crippen LogP contribution in [0.5, 0.6) is 0 Å². The summed E-state index contributed by atoms with van der Waals surface area (Å²) in [6.45, 7) is 2.15. The number of rotatable bonds is 5. The van der Waals surface area contributed by atoms with E-state index >= 15 is 0 Å². The van der Waals surface area contributed by atoms with Crippen LogP contribution in [0.15, 0.2) is 24.3 Å². The predicted molar refractivity (Wildman–Crippen MR) is 70.4 cm³/mol. The Morgan fingerprint density at radius 1 is 1.29 bits per heavy atom. The molecule has 0 spiro atoms. The molecule has 0 aromatic heterocycles. The van der Waals surface area contributed by atoms with Gasteiger partial charge in [0.05, 0.1) is 0 Å². The number of nitrogens with two attached hydrogens (primary N) is 1. The molecule has 2 N–H and O–H groups in total. The van der Waals surface area contributed by atoms with Crippen molar-refractivity contribution in [2.24, 2.45) is 5.73 Å². The lowest BCUT2D eigenvalue weighted by molar-refractivity contribution is 0.568. The molecule has 1 nitrogen and oxygen atoms in total. The molecule has 0 fully saturated rings. The molecular weight excluding hydrogens is 285 g/mol. The van der Waals surface area contributed by atoms with Crippen LogP contribution in [0.2, 0.25) is 0 Å². The number of halogens is 1. The quantitative estimate of drug-likeness (QED) is 0.829. The van der Waals surface area contributed by atoms with E-state index in [1.807, 2.05) is 0 Å². The van der Waals surface area contributed by atoms with E-state index in [1.165, 1.54) is 15.6 Å². The molecule has 0 saturated heterocycles. The molecule has 0 aliphatic carbocycles. The molecule has 0 heterocycles. The minimum Gasteiger partial charge on any atom is -0.328 e. The summed E-state index contributed by atoms with van der Waals surface area (Å²) in [4.78, 5) is 0. The number of hydrogen-bond donors (Lipinski definition) is 1. The van der Waals surface area contributed by atoms with Crippen LogP contribution in [0.3, 0.4) is 0 Å². The van der Waals surface area contributed by atoms with Gasteiger partial charge in [0.1, 0.15) is 0 Å². The monoisotopic (exact) mass is 303 g/mol. The fourth-order valence-electron chi connectivity index (χ4n) is 1.42. The van der Waals surface area contributed by atoms with Crippen LogP contribution >= 0.6 is 22.6 Å². The van der Waals surface area contributed by atoms with Crippen molar-refractivity contribution in [2.75, 3.05) is 0 Å². The van der Waals surface area contributed by atoms with Crippen LogP contribution < -0.4 is 5.73 Å². The summed E-state index contributed by atoms with van der Waals surface area (Å²) in [5.41, 5.74) is 7.28. The molecule has 0 aliphatic heterocycles. The third kappa shape index (κ3) is 4.42. The normalized spacial score (nSPS) is 12.8. The first kappa shape index (κ1) is 12.0. The summed E-state index contributed by atoms with van der Waals surface area (Å²) in [7, 11) is 0. The van der Waals surface area contributed by atoms with Gasteiger partial charge in [0.2, 0.25) is 0 Å². The standard InChI is InChI=1S/C12H18IN/c1-2-12(14)5-3-4-10-6-8-11(13)9-7-10/h6-9,12H,2-5,14H2,1H3. The highest BCUT2D eigenvalue weighted by molar-refractivity contribution is 14.1. The van der Waals surface area contributed by atoms with E-state index in [2.05, 4.69) is 53.8 Å². The van der Waals surface area contributed by atoms with Gasteiger partial charge in [0.25, 0.3) is 0 Å². The van der Waals surface area contributed by atoms with E-state index < -0.39 is 0 Å². The van der Waals surface area contributed by atoms with E-state index in [-0.39, 0.29) is 0 Å². The second-order valence-corrected chi connectivity index (χ2v) is 4.93. The van der Waals surface area contributed by atoms with Crippen molar-refractivity contribution in [3.8, 4) is 0 Å². The van der Waals surface area contributed by atoms with Crippen LogP contribution in [-0.2, 0) is 6.42 Å². The molecule has 1 aromatic carbocycles. The zero-order valence-electron chi connectivity index (χ0n) is 8.67. The average molecular weight is 303 g/mol. The molecule has 0 radical (unpaired) electrons. The molecule has 0 aliphatic rings. The Balaban J connectivity index is 2.28. The average Bonchev–Trinajstić information content (AvgIpc) is 2.21. The van der Waals surface area contributed by atoms with Gasteiger partial charge in [-0.05, 0) is 66.0 Å². The minimum absolute atomic E-state index is 0.388. The Bertz CT molecular complexity index is 256. The maximum atomic E-state index is 5.86. The fraction of sp³-hybridized carbons (Fsp3) is 0.500. The lowest BCUT2D eigenvalue weighted by Crippen LogP contribution is -2.18. The molecule has 1 rings (SSSR count). The summed E-state index contributed by atoms with van der Waals surface area (Å²) >= 11 is 2.33. The van der Waals surface area contributed by atoms with E-state index in [1.54, 1.807) is 0 Å². The molecule has 0 bridgehead atoms. The van der Waals surface area contributed by atoms with E-state index in [0.29, 0.717) is 6.04 Å². The fourth-order valence-corrected chi connectivity index (χ4v) is 1.78. The van der Waals surface area contributed by atoms with Crippen molar-refractivity contribution < 1.29 is 0 Å². The van der Waals surface area contributed by atoms with Crippen molar-refractivity contribution in [3.63, 3.8) is 0 Å². The molecule has 0 amide bonds. The zero-order valence-corrected chi connectivity index (χ0v) is 10.8. The lowest BCUT2D eigenvalue weighted by atomic mass is 10.0. The Morgan fingerprint density at radius 2 is 1.93 bits per heavy atom. The second-order valence-electron chi connectivity index (χ2n) is 3.69. The van der Waals surface area contributed by atoms with E-state index in [4.69, 9.17) is 5.73 Å². The first-order chi connectivity index (χ1) is 6.72. The van der Waals surface area contributed by atoms with Gasteiger partial charge in [0.15, 0.2) is 0 Å². The number of benzene rings is 1. The van der Waals surface area contributed by atoms with Crippen molar-refractivity contribution in [3.05, 3.63) is 33.4 Å². The van der Waals surface area contributed by atoms with Crippen LogP contribution in [0.4, 0.5) is 0 Å². The first-order valence-electron chi connectivity index (χ1n) is 5.22. The molecule has 0 saturated carbocycles. The summed E-state index contributed by atoms with van der Waals surface area (Å²) in [6, 6.07) is 9.13. The van der Waals surface area contributed by atoms with E-state index in [9.17, 15) is 0 Å². The summed E-state index contributed by atoms with van der Waals surface area (Å²) < 4.78 is 1.30. The molecule has 1 unspecified atom stereocenters. The number of aryl methyl sites for hydroxylation is 1. The second kappa shape index (κ2) is 6.40. The summed E-state index contributed by atoms with van der Waals surface area (Å²) in [6.07, 6.45) is 4.59. The Kier molecular flexibility index (Phi) is 5.48. The molecule has 1 atom stereocenters. The van der Waals surface area contributed by atoms with Gasteiger partial charge in [-0.2, -0.15) is 0 Å². The minimum atomic E-state index is 0.388. The Labute approximate surface area is 100 Å². The SMILES string of the molecule is CCC(N)CCCc1ccc(I)cc1. The highest BCUT2D eigenvalue weighted by atomic mass is 127. The van der Waals surface area contributed by atoms with Crippen LogP contribution in [0, 0.1) is 3.57 Å². The van der Waals surface area contributed by atoms with Gasteiger partial charge >= 0.3 is 0 Å². The summed E-state index contributed by atoms with van der Waals surface area (Å²) in [5.74, 6) is 0. The van der Waals surface area contributed by atoms with Gasteiger partial charge in [-0.15, -0.1) is 0 Å². The third-order valence-corrected chi connectivity index (χ3v) is 3.20. The summed E-state index contributed by atoms with van der Waals surface area (Å²) in [5, 5.41) is 0. The van der Waals surface area contributed by atoms with Crippen molar-refractivity contribution in [1.82, 2.24) is 0 Å².